The molecule has 2 aliphatic rings. The Morgan fingerprint density at radius 1 is 1.19 bits per heavy atom. The molecule has 0 aromatic carbocycles. The molecule has 1 unspecified atom stereocenters. The van der Waals surface area contributed by atoms with Crippen LogP contribution in [0.5, 0.6) is 0 Å². The molecule has 1 aromatic rings. The number of hydrogen-bond donors (Lipinski definition) is 0. The molecule has 2 fully saturated rings. The van der Waals surface area contributed by atoms with E-state index in [2.05, 4.69) is 9.88 Å². The zero-order valence-corrected chi connectivity index (χ0v) is 12.4. The van der Waals surface area contributed by atoms with Crippen molar-refractivity contribution in [3.63, 3.8) is 0 Å². The maximum absolute atomic E-state index is 12.5. The lowest BCUT2D eigenvalue weighted by molar-refractivity contribution is 0.105. The summed E-state index contributed by atoms with van der Waals surface area (Å²) in [5, 5.41) is 0. The molecule has 0 radical (unpaired) electrons. The Morgan fingerprint density at radius 3 is 2.62 bits per heavy atom. The molecule has 6 heteroatoms. The SMILES string of the molecule is COC1CCN(C(=O)N2CCN(c3ccccn3)CC2)C1. The number of nitrogens with zero attached hydrogens (tertiary/aromatic N) is 4. The number of urea groups is 1. The Kier molecular flexibility index (Phi) is 4.24. The van der Waals surface area contributed by atoms with E-state index in [-0.39, 0.29) is 12.1 Å². The van der Waals surface area contributed by atoms with Crippen molar-refractivity contribution in [3.05, 3.63) is 24.4 Å². The molecule has 0 aliphatic carbocycles. The van der Waals surface area contributed by atoms with Crippen molar-refractivity contribution in [2.75, 3.05) is 51.3 Å². The molecule has 21 heavy (non-hydrogen) atoms. The van der Waals surface area contributed by atoms with Crippen LogP contribution in [0.2, 0.25) is 0 Å². The predicted molar refractivity (Wildman–Crippen MR) is 80.4 cm³/mol. The molecule has 1 atom stereocenters. The highest BCUT2D eigenvalue weighted by atomic mass is 16.5. The molecule has 2 saturated heterocycles. The zero-order chi connectivity index (χ0) is 14.7. The van der Waals surface area contributed by atoms with E-state index in [1.54, 1.807) is 7.11 Å². The molecule has 0 N–H and O–H groups in total. The van der Waals surface area contributed by atoms with Gasteiger partial charge >= 0.3 is 6.03 Å². The van der Waals surface area contributed by atoms with Gasteiger partial charge in [-0.05, 0) is 18.6 Å². The van der Waals surface area contributed by atoms with Gasteiger partial charge in [0.1, 0.15) is 5.82 Å². The lowest BCUT2D eigenvalue weighted by atomic mass is 10.3. The highest BCUT2D eigenvalue weighted by molar-refractivity contribution is 5.75. The topological polar surface area (TPSA) is 48.9 Å². The number of likely N-dealkylation sites (tertiary alicyclic amines) is 1. The first kappa shape index (κ1) is 14.1. The minimum Gasteiger partial charge on any atom is -0.380 e. The van der Waals surface area contributed by atoms with Gasteiger partial charge in [-0.25, -0.2) is 9.78 Å². The van der Waals surface area contributed by atoms with Crippen LogP contribution in [0, 0.1) is 0 Å². The van der Waals surface area contributed by atoms with Crippen molar-refractivity contribution in [2.45, 2.75) is 12.5 Å². The number of methoxy groups -OCH3 is 1. The van der Waals surface area contributed by atoms with E-state index in [9.17, 15) is 4.79 Å². The van der Waals surface area contributed by atoms with Crippen LogP contribution in [0.4, 0.5) is 10.6 Å². The minimum atomic E-state index is 0.148. The van der Waals surface area contributed by atoms with E-state index in [1.807, 2.05) is 34.2 Å². The number of anilines is 1. The smallest absolute Gasteiger partial charge is 0.320 e. The summed E-state index contributed by atoms with van der Waals surface area (Å²) in [5.41, 5.74) is 0. The lowest BCUT2D eigenvalue weighted by Gasteiger charge is -2.37. The Balaban J connectivity index is 1.53. The number of pyridine rings is 1. The average Bonchev–Trinajstić information content (AvgIpc) is 3.04. The Bertz CT molecular complexity index is 474. The lowest BCUT2D eigenvalue weighted by Crippen LogP contribution is -2.52. The van der Waals surface area contributed by atoms with Gasteiger partial charge in [0.2, 0.25) is 0 Å². The summed E-state index contributed by atoms with van der Waals surface area (Å²) in [6.07, 6.45) is 2.95. The second-order valence-corrected chi connectivity index (χ2v) is 5.54. The van der Waals surface area contributed by atoms with Crippen LogP contribution in [0.15, 0.2) is 24.4 Å². The third kappa shape index (κ3) is 3.10. The largest absolute Gasteiger partial charge is 0.380 e. The van der Waals surface area contributed by atoms with Gasteiger partial charge in [0.15, 0.2) is 0 Å². The van der Waals surface area contributed by atoms with Crippen molar-refractivity contribution in [1.82, 2.24) is 14.8 Å². The number of ether oxygens (including phenoxy) is 1. The molecule has 2 aliphatic heterocycles. The van der Waals surface area contributed by atoms with E-state index < -0.39 is 0 Å². The molecule has 6 nitrogen and oxygen atoms in total. The molecule has 114 valence electrons. The first-order valence-electron chi connectivity index (χ1n) is 7.50. The van der Waals surface area contributed by atoms with E-state index in [4.69, 9.17) is 4.74 Å². The molecule has 1 aromatic heterocycles. The number of piperazine rings is 1. The van der Waals surface area contributed by atoms with Crippen molar-refractivity contribution in [2.24, 2.45) is 0 Å². The van der Waals surface area contributed by atoms with Crippen molar-refractivity contribution >= 4 is 11.8 Å². The molecular formula is C15H22N4O2. The van der Waals surface area contributed by atoms with Crippen LogP contribution in [-0.2, 0) is 4.74 Å². The quantitative estimate of drug-likeness (QED) is 0.817. The molecule has 0 bridgehead atoms. The standard InChI is InChI=1S/C15H22N4O2/c1-21-13-5-7-19(12-13)15(20)18-10-8-17(9-11-18)14-4-2-3-6-16-14/h2-4,6,13H,5,7-12H2,1H3. The van der Waals surface area contributed by atoms with Gasteiger partial charge < -0.3 is 19.4 Å². The van der Waals surface area contributed by atoms with Gasteiger partial charge in [-0.1, -0.05) is 6.07 Å². The van der Waals surface area contributed by atoms with Gasteiger partial charge in [0.25, 0.3) is 0 Å². The monoisotopic (exact) mass is 290 g/mol. The Labute approximate surface area is 125 Å². The normalized spacial score (nSPS) is 22.7. The van der Waals surface area contributed by atoms with Gasteiger partial charge in [-0.3, -0.25) is 0 Å². The first-order valence-corrected chi connectivity index (χ1v) is 7.50. The second-order valence-electron chi connectivity index (χ2n) is 5.54. The van der Waals surface area contributed by atoms with E-state index in [1.165, 1.54) is 0 Å². The Hall–Kier alpha value is -1.82. The van der Waals surface area contributed by atoms with Crippen LogP contribution in [-0.4, -0.2) is 73.3 Å². The maximum Gasteiger partial charge on any atom is 0.320 e. The molecular weight excluding hydrogens is 268 g/mol. The fourth-order valence-corrected chi connectivity index (χ4v) is 2.96. The van der Waals surface area contributed by atoms with E-state index >= 15 is 0 Å². The number of carbonyl (C=O) groups is 1. The predicted octanol–water partition coefficient (Wildman–Crippen LogP) is 1.04. The third-order valence-electron chi connectivity index (χ3n) is 4.27. The summed E-state index contributed by atoms with van der Waals surface area (Å²) in [7, 11) is 1.71. The second kappa shape index (κ2) is 6.30. The summed E-state index contributed by atoms with van der Waals surface area (Å²) in [4.78, 5) is 22.9. The molecule has 3 heterocycles. The van der Waals surface area contributed by atoms with E-state index in [0.29, 0.717) is 0 Å². The van der Waals surface area contributed by atoms with Gasteiger partial charge in [0.05, 0.1) is 6.10 Å². The minimum absolute atomic E-state index is 0.148. The average molecular weight is 290 g/mol. The summed E-state index contributed by atoms with van der Waals surface area (Å²) in [6, 6.07) is 6.08. The van der Waals surface area contributed by atoms with Crippen molar-refractivity contribution in [3.8, 4) is 0 Å². The molecule has 0 saturated carbocycles. The maximum atomic E-state index is 12.5. The molecule has 0 spiro atoms. The van der Waals surface area contributed by atoms with Crippen LogP contribution in [0.1, 0.15) is 6.42 Å². The number of aromatic nitrogens is 1. The fourth-order valence-electron chi connectivity index (χ4n) is 2.96. The van der Waals surface area contributed by atoms with Crippen LogP contribution >= 0.6 is 0 Å². The highest BCUT2D eigenvalue weighted by Crippen LogP contribution is 2.17. The van der Waals surface area contributed by atoms with Gasteiger partial charge in [0, 0.05) is 52.6 Å². The van der Waals surface area contributed by atoms with Crippen LogP contribution in [0.3, 0.4) is 0 Å². The number of amides is 2. The first-order chi connectivity index (χ1) is 10.3. The highest BCUT2D eigenvalue weighted by Gasteiger charge is 2.31. The zero-order valence-electron chi connectivity index (χ0n) is 12.4. The fraction of sp³-hybridized carbons (Fsp3) is 0.600. The Morgan fingerprint density at radius 2 is 2.00 bits per heavy atom. The van der Waals surface area contributed by atoms with Crippen molar-refractivity contribution < 1.29 is 9.53 Å². The number of hydrogen-bond acceptors (Lipinski definition) is 4. The number of carbonyl (C=O) groups excluding carboxylic acids is 1. The summed E-state index contributed by atoms with van der Waals surface area (Å²) in [5.74, 6) is 0.991. The van der Waals surface area contributed by atoms with Gasteiger partial charge in [-0.15, -0.1) is 0 Å². The third-order valence-corrected chi connectivity index (χ3v) is 4.27. The van der Waals surface area contributed by atoms with Crippen LogP contribution < -0.4 is 4.90 Å². The van der Waals surface area contributed by atoms with Gasteiger partial charge in [-0.2, -0.15) is 0 Å². The van der Waals surface area contributed by atoms with Crippen molar-refractivity contribution in [1.29, 1.82) is 0 Å². The molecule has 2 amide bonds. The summed E-state index contributed by atoms with van der Waals surface area (Å²) < 4.78 is 5.32. The van der Waals surface area contributed by atoms with E-state index in [0.717, 1.165) is 51.5 Å². The van der Waals surface area contributed by atoms with Crippen LogP contribution in [0.25, 0.3) is 0 Å². The number of rotatable bonds is 2. The molecule has 3 rings (SSSR count). The summed E-state index contributed by atoms with van der Waals surface area (Å²) >= 11 is 0. The summed E-state index contributed by atoms with van der Waals surface area (Å²) in [6.45, 7) is 4.70.